The topological polar surface area (TPSA) is 99.4 Å². The van der Waals surface area contributed by atoms with Gasteiger partial charge in [-0.25, -0.2) is 0 Å². The van der Waals surface area contributed by atoms with Gasteiger partial charge in [0, 0.05) is 0 Å². The quantitative estimate of drug-likeness (QED) is 0.758. The second-order valence-electron chi connectivity index (χ2n) is 4.18. The van der Waals surface area contributed by atoms with Crippen LogP contribution >= 0.6 is 12.2 Å². The van der Waals surface area contributed by atoms with Gasteiger partial charge in [-0.3, -0.25) is 10.1 Å². The molecule has 1 aliphatic rings. The molecule has 2 rings (SSSR count). The molecule has 0 atom stereocenters. The lowest BCUT2D eigenvalue weighted by molar-refractivity contribution is -0.118. The number of nitrogens with zero attached hydrogens (tertiary/aromatic N) is 2. The lowest BCUT2D eigenvalue weighted by Gasteiger charge is -2.13. The van der Waals surface area contributed by atoms with E-state index in [2.05, 4.69) is 15.3 Å². The lowest BCUT2D eigenvalue weighted by atomic mass is 10.1. The summed E-state index contributed by atoms with van der Waals surface area (Å²) in [6.45, 7) is 0. The summed E-state index contributed by atoms with van der Waals surface area (Å²) in [5, 5.41) is 2.59. The number of ether oxygens (including phenoxy) is 2. The zero-order valence-electron chi connectivity index (χ0n) is 10.6. The molecule has 1 saturated carbocycles. The molecule has 19 heavy (non-hydrogen) atoms. The molecule has 0 unspecified atom stereocenters. The standard InChI is InChI=1S/C11H14N4O3S/c1-17-6-5-7(18-2)14-10(13-6)15-9(16)11(3-4-11)8(12)19/h5H,3-4H2,1-2H3,(H2,12,19)(H,13,14,15,16). The maximum Gasteiger partial charge on any atom is 0.239 e. The van der Waals surface area contributed by atoms with E-state index in [1.807, 2.05) is 0 Å². The number of hydrogen-bond donors (Lipinski definition) is 2. The number of nitrogens with two attached hydrogens (primary N) is 1. The van der Waals surface area contributed by atoms with Gasteiger partial charge in [-0.15, -0.1) is 0 Å². The van der Waals surface area contributed by atoms with Crippen LogP contribution in [0.1, 0.15) is 12.8 Å². The number of methoxy groups -OCH3 is 2. The molecular weight excluding hydrogens is 268 g/mol. The number of carbonyl (C=O) groups is 1. The highest BCUT2D eigenvalue weighted by atomic mass is 32.1. The number of thiocarbonyl (C=S) groups is 1. The van der Waals surface area contributed by atoms with Crippen LogP contribution in [-0.4, -0.2) is 35.1 Å². The van der Waals surface area contributed by atoms with E-state index in [0.717, 1.165) is 0 Å². The van der Waals surface area contributed by atoms with Crippen molar-refractivity contribution in [3.63, 3.8) is 0 Å². The zero-order valence-corrected chi connectivity index (χ0v) is 11.4. The molecule has 3 N–H and O–H groups in total. The minimum Gasteiger partial charge on any atom is -0.481 e. The third-order valence-corrected chi connectivity index (χ3v) is 3.37. The van der Waals surface area contributed by atoms with E-state index in [1.54, 1.807) is 0 Å². The monoisotopic (exact) mass is 282 g/mol. The minimum absolute atomic E-state index is 0.101. The Hall–Kier alpha value is -1.96. The Labute approximate surface area is 115 Å². The van der Waals surface area contributed by atoms with Crippen LogP contribution in [0.2, 0.25) is 0 Å². The molecule has 8 heteroatoms. The summed E-state index contributed by atoms with van der Waals surface area (Å²) in [4.78, 5) is 20.3. The van der Waals surface area contributed by atoms with Gasteiger partial charge in [0.05, 0.1) is 30.7 Å². The summed E-state index contributed by atoms with van der Waals surface area (Å²) in [5.74, 6) is 0.392. The fraction of sp³-hybridized carbons (Fsp3) is 0.455. The Kier molecular flexibility index (Phi) is 3.52. The van der Waals surface area contributed by atoms with Crippen LogP contribution in [0.3, 0.4) is 0 Å². The molecule has 0 bridgehead atoms. The predicted octanol–water partition coefficient (Wildman–Crippen LogP) is 0.499. The van der Waals surface area contributed by atoms with Crippen LogP contribution in [0.5, 0.6) is 11.8 Å². The van der Waals surface area contributed by atoms with E-state index in [4.69, 9.17) is 27.4 Å². The summed E-state index contributed by atoms with van der Waals surface area (Å²) in [6.07, 6.45) is 1.30. The Bertz CT molecular complexity index is 508. The van der Waals surface area contributed by atoms with Crippen molar-refractivity contribution in [2.45, 2.75) is 12.8 Å². The van der Waals surface area contributed by atoms with Crippen LogP contribution < -0.4 is 20.5 Å². The van der Waals surface area contributed by atoms with Gasteiger partial charge in [-0.05, 0) is 12.8 Å². The van der Waals surface area contributed by atoms with E-state index < -0.39 is 5.41 Å². The molecule has 1 amide bonds. The second-order valence-corrected chi connectivity index (χ2v) is 4.62. The fourth-order valence-corrected chi connectivity index (χ4v) is 1.90. The Balaban J connectivity index is 2.19. The number of anilines is 1. The van der Waals surface area contributed by atoms with Crippen molar-refractivity contribution < 1.29 is 14.3 Å². The molecule has 1 aromatic heterocycles. The molecule has 1 heterocycles. The van der Waals surface area contributed by atoms with Gasteiger partial charge in [0.25, 0.3) is 0 Å². The molecule has 0 spiro atoms. The van der Waals surface area contributed by atoms with Crippen molar-refractivity contribution in [1.82, 2.24) is 9.97 Å². The highest BCUT2D eigenvalue weighted by Gasteiger charge is 2.53. The first-order valence-corrected chi connectivity index (χ1v) is 6.01. The van der Waals surface area contributed by atoms with Crippen molar-refractivity contribution >= 4 is 29.1 Å². The first-order chi connectivity index (χ1) is 9.01. The van der Waals surface area contributed by atoms with E-state index in [-0.39, 0.29) is 16.8 Å². The molecule has 0 radical (unpaired) electrons. The van der Waals surface area contributed by atoms with Crippen molar-refractivity contribution in [3.05, 3.63) is 6.07 Å². The third kappa shape index (κ3) is 2.58. The van der Waals surface area contributed by atoms with E-state index in [1.165, 1.54) is 20.3 Å². The number of amides is 1. The van der Waals surface area contributed by atoms with Gasteiger partial charge in [0.15, 0.2) is 0 Å². The SMILES string of the molecule is COc1cc(OC)nc(NC(=O)C2(C(N)=S)CC2)n1. The molecule has 1 fully saturated rings. The van der Waals surface area contributed by atoms with Crippen molar-refractivity contribution in [3.8, 4) is 11.8 Å². The summed E-state index contributed by atoms with van der Waals surface area (Å²) in [5.41, 5.74) is 4.82. The van der Waals surface area contributed by atoms with E-state index >= 15 is 0 Å². The summed E-state index contributed by atoms with van der Waals surface area (Å²) in [6, 6.07) is 1.51. The predicted molar refractivity (Wildman–Crippen MR) is 72.2 cm³/mol. The molecular formula is C11H14N4O3S. The van der Waals surface area contributed by atoms with Crippen LogP contribution in [-0.2, 0) is 4.79 Å². The van der Waals surface area contributed by atoms with Crippen molar-refractivity contribution in [1.29, 1.82) is 0 Å². The summed E-state index contributed by atoms with van der Waals surface area (Å²) < 4.78 is 9.99. The smallest absolute Gasteiger partial charge is 0.239 e. The van der Waals surface area contributed by atoms with Gasteiger partial charge in [-0.1, -0.05) is 12.2 Å². The average molecular weight is 282 g/mol. The van der Waals surface area contributed by atoms with Crippen molar-refractivity contribution in [2.24, 2.45) is 11.1 Å². The number of hydrogen-bond acceptors (Lipinski definition) is 6. The number of rotatable bonds is 5. The minimum atomic E-state index is -0.755. The first-order valence-electron chi connectivity index (χ1n) is 5.60. The fourth-order valence-electron chi connectivity index (χ4n) is 1.60. The second kappa shape index (κ2) is 4.96. The number of aromatic nitrogens is 2. The lowest BCUT2D eigenvalue weighted by Crippen LogP contribution is -2.35. The third-order valence-electron chi connectivity index (χ3n) is 2.98. The summed E-state index contributed by atoms with van der Waals surface area (Å²) in [7, 11) is 2.93. The highest BCUT2D eigenvalue weighted by Crippen LogP contribution is 2.46. The van der Waals surface area contributed by atoms with E-state index in [9.17, 15) is 4.79 Å². The van der Waals surface area contributed by atoms with E-state index in [0.29, 0.717) is 24.6 Å². The molecule has 0 aliphatic heterocycles. The normalized spacial score (nSPS) is 15.5. The van der Waals surface area contributed by atoms with Crippen LogP contribution in [0.4, 0.5) is 5.95 Å². The molecule has 102 valence electrons. The highest BCUT2D eigenvalue weighted by molar-refractivity contribution is 7.80. The molecule has 0 aromatic carbocycles. The van der Waals surface area contributed by atoms with Gasteiger partial charge in [-0.2, -0.15) is 9.97 Å². The van der Waals surface area contributed by atoms with Gasteiger partial charge < -0.3 is 15.2 Å². The van der Waals surface area contributed by atoms with Crippen LogP contribution in [0.25, 0.3) is 0 Å². The summed E-state index contributed by atoms with van der Waals surface area (Å²) >= 11 is 4.91. The van der Waals surface area contributed by atoms with Gasteiger partial charge in [0.2, 0.25) is 23.6 Å². The molecule has 1 aliphatic carbocycles. The Morgan fingerprint density at radius 1 is 1.37 bits per heavy atom. The average Bonchev–Trinajstić information content (AvgIpc) is 3.19. The largest absolute Gasteiger partial charge is 0.481 e. The van der Waals surface area contributed by atoms with Gasteiger partial charge >= 0.3 is 0 Å². The van der Waals surface area contributed by atoms with Crippen molar-refractivity contribution in [2.75, 3.05) is 19.5 Å². The number of carbonyl (C=O) groups excluding carboxylic acids is 1. The van der Waals surface area contributed by atoms with Crippen LogP contribution in [0.15, 0.2) is 6.07 Å². The molecule has 0 saturated heterocycles. The molecule has 7 nitrogen and oxygen atoms in total. The Morgan fingerprint density at radius 3 is 2.26 bits per heavy atom. The maximum atomic E-state index is 12.1. The van der Waals surface area contributed by atoms with Gasteiger partial charge in [0.1, 0.15) is 0 Å². The number of nitrogens with one attached hydrogen (secondary N) is 1. The molecule has 1 aromatic rings. The maximum absolute atomic E-state index is 12.1. The zero-order chi connectivity index (χ0) is 14.0. The van der Waals surface area contributed by atoms with Crippen LogP contribution in [0, 0.1) is 5.41 Å². The Morgan fingerprint density at radius 2 is 1.89 bits per heavy atom. The first kappa shape index (κ1) is 13.5.